The fourth-order valence-electron chi connectivity index (χ4n) is 2.91. The molecule has 1 saturated heterocycles. The monoisotopic (exact) mass is 382 g/mol. The van der Waals surface area contributed by atoms with Crippen LogP contribution in [0.1, 0.15) is 11.1 Å². The van der Waals surface area contributed by atoms with Gasteiger partial charge in [-0.2, -0.15) is 0 Å². The summed E-state index contributed by atoms with van der Waals surface area (Å²) in [6.45, 7) is -0.744. The minimum Gasteiger partial charge on any atom is -0.374 e. The third-order valence-corrected chi connectivity index (χ3v) is 4.82. The predicted octanol–water partition coefficient (Wildman–Crippen LogP) is 4.43. The van der Waals surface area contributed by atoms with Crippen LogP contribution in [0, 0.1) is 0 Å². The Morgan fingerprint density at radius 3 is 2.12 bits per heavy atom. The second-order valence-corrected chi connectivity index (χ2v) is 6.67. The van der Waals surface area contributed by atoms with Crippen LogP contribution in [-0.2, 0) is 27.4 Å². The van der Waals surface area contributed by atoms with Crippen LogP contribution in [0.3, 0.4) is 0 Å². The Hall–Kier alpha value is -1.53. The summed E-state index contributed by atoms with van der Waals surface area (Å²) < 4.78 is 45.1. The van der Waals surface area contributed by atoms with E-state index in [1.54, 1.807) is 0 Å². The van der Waals surface area contributed by atoms with Crippen molar-refractivity contribution in [3.8, 4) is 0 Å². The highest BCUT2D eigenvalue weighted by Crippen LogP contribution is 2.40. The summed E-state index contributed by atoms with van der Waals surface area (Å²) in [4.78, 5) is 0. The topological polar surface area (TPSA) is 27.7 Å². The van der Waals surface area contributed by atoms with E-state index in [2.05, 4.69) is 0 Å². The van der Waals surface area contributed by atoms with E-state index in [0.29, 0.717) is 6.61 Å². The molecular weight excluding hydrogens is 362 g/mol. The molecule has 26 heavy (non-hydrogen) atoms. The summed E-state index contributed by atoms with van der Waals surface area (Å²) in [5.74, 6) is 0. The van der Waals surface area contributed by atoms with Crippen molar-refractivity contribution in [3.05, 3.63) is 71.8 Å². The standard InChI is InChI=1S/C20H21ClF2O3/c21-19-20(23,14-22)18(25-12-16-9-5-2-6-10-16)17(26-19)13-24-11-15-7-3-1-4-8-15/h1-10,17-19H,11-14H2. The molecule has 0 N–H and O–H groups in total. The second kappa shape index (κ2) is 8.91. The molecule has 2 aromatic carbocycles. The van der Waals surface area contributed by atoms with Crippen LogP contribution in [0.2, 0.25) is 0 Å². The predicted molar refractivity (Wildman–Crippen MR) is 95.4 cm³/mol. The molecule has 0 saturated carbocycles. The molecule has 0 aromatic heterocycles. The van der Waals surface area contributed by atoms with Gasteiger partial charge >= 0.3 is 0 Å². The number of hydrogen-bond acceptors (Lipinski definition) is 3. The van der Waals surface area contributed by atoms with Crippen molar-refractivity contribution in [2.75, 3.05) is 13.3 Å². The lowest BCUT2D eigenvalue weighted by atomic mass is 9.99. The van der Waals surface area contributed by atoms with Gasteiger partial charge in [-0.25, -0.2) is 8.78 Å². The number of halogens is 3. The van der Waals surface area contributed by atoms with E-state index in [1.807, 2.05) is 60.7 Å². The first-order valence-electron chi connectivity index (χ1n) is 8.45. The Labute approximate surface area is 156 Å². The van der Waals surface area contributed by atoms with Gasteiger partial charge in [-0.05, 0) is 11.1 Å². The fourth-order valence-corrected chi connectivity index (χ4v) is 3.23. The summed E-state index contributed by atoms with van der Waals surface area (Å²) in [5, 5.41) is 0. The van der Waals surface area contributed by atoms with E-state index in [-0.39, 0.29) is 13.2 Å². The fraction of sp³-hybridized carbons (Fsp3) is 0.400. The number of alkyl halides is 3. The lowest BCUT2D eigenvalue weighted by molar-refractivity contribution is -0.0870. The number of hydrogen-bond donors (Lipinski definition) is 0. The molecule has 0 spiro atoms. The highest BCUT2D eigenvalue weighted by molar-refractivity contribution is 6.20. The van der Waals surface area contributed by atoms with Crippen LogP contribution in [0.15, 0.2) is 60.7 Å². The molecular formula is C20H21ClF2O3. The van der Waals surface area contributed by atoms with Crippen molar-refractivity contribution in [1.29, 1.82) is 0 Å². The van der Waals surface area contributed by atoms with Gasteiger partial charge < -0.3 is 14.2 Å². The van der Waals surface area contributed by atoms with Gasteiger partial charge in [-0.1, -0.05) is 72.3 Å². The van der Waals surface area contributed by atoms with Gasteiger partial charge in [-0.15, -0.1) is 0 Å². The van der Waals surface area contributed by atoms with Gasteiger partial charge in [0.1, 0.15) is 18.9 Å². The Morgan fingerprint density at radius 2 is 1.54 bits per heavy atom. The summed E-state index contributed by atoms with van der Waals surface area (Å²) >= 11 is 5.91. The lowest BCUT2D eigenvalue weighted by Crippen LogP contribution is -2.47. The van der Waals surface area contributed by atoms with Crippen LogP contribution in [0.4, 0.5) is 8.78 Å². The molecule has 1 aliphatic rings. The second-order valence-electron chi connectivity index (χ2n) is 6.27. The van der Waals surface area contributed by atoms with E-state index in [9.17, 15) is 8.78 Å². The quantitative estimate of drug-likeness (QED) is 0.632. The molecule has 1 aliphatic heterocycles. The Balaban J connectivity index is 1.62. The first kappa shape index (κ1) is 19.2. The van der Waals surface area contributed by atoms with E-state index < -0.39 is 30.1 Å². The lowest BCUT2D eigenvalue weighted by Gasteiger charge is -2.27. The molecule has 1 heterocycles. The van der Waals surface area contributed by atoms with Crippen LogP contribution in [0.5, 0.6) is 0 Å². The van der Waals surface area contributed by atoms with E-state index in [0.717, 1.165) is 11.1 Å². The van der Waals surface area contributed by atoms with E-state index >= 15 is 0 Å². The zero-order valence-corrected chi connectivity index (χ0v) is 14.9. The van der Waals surface area contributed by atoms with Crippen molar-refractivity contribution >= 4 is 11.6 Å². The maximum absolute atomic E-state index is 15.0. The highest BCUT2D eigenvalue weighted by Gasteiger charge is 2.58. The number of rotatable bonds is 8. The maximum Gasteiger partial charge on any atom is 0.207 e. The summed E-state index contributed by atoms with van der Waals surface area (Å²) in [6.07, 6.45) is -1.93. The third kappa shape index (κ3) is 4.41. The van der Waals surface area contributed by atoms with Gasteiger partial charge in [0.2, 0.25) is 5.67 Å². The van der Waals surface area contributed by atoms with Crippen molar-refractivity contribution in [3.63, 3.8) is 0 Å². The van der Waals surface area contributed by atoms with Crippen molar-refractivity contribution in [2.24, 2.45) is 0 Å². The molecule has 0 amide bonds. The smallest absolute Gasteiger partial charge is 0.207 e. The largest absolute Gasteiger partial charge is 0.374 e. The molecule has 0 aliphatic carbocycles. The van der Waals surface area contributed by atoms with Crippen molar-refractivity contribution < 1.29 is 23.0 Å². The molecule has 0 radical (unpaired) electrons. The molecule has 3 nitrogen and oxygen atoms in total. The SMILES string of the molecule is FCC1(F)C(Cl)OC(COCc2ccccc2)C1OCc1ccccc1. The molecule has 4 unspecified atom stereocenters. The Morgan fingerprint density at radius 1 is 0.962 bits per heavy atom. The van der Waals surface area contributed by atoms with Gasteiger partial charge in [0.05, 0.1) is 19.8 Å². The van der Waals surface area contributed by atoms with Gasteiger partial charge in [0.25, 0.3) is 0 Å². The number of benzene rings is 2. The molecule has 4 atom stereocenters. The van der Waals surface area contributed by atoms with Crippen molar-refractivity contribution in [1.82, 2.24) is 0 Å². The van der Waals surface area contributed by atoms with Crippen LogP contribution < -0.4 is 0 Å². The summed E-state index contributed by atoms with van der Waals surface area (Å²) in [5.41, 5.74) is -1.99. The summed E-state index contributed by atoms with van der Waals surface area (Å²) in [7, 11) is 0. The van der Waals surface area contributed by atoms with Crippen LogP contribution in [-0.4, -0.2) is 36.7 Å². The van der Waals surface area contributed by atoms with E-state index in [1.165, 1.54) is 0 Å². The highest BCUT2D eigenvalue weighted by atomic mass is 35.5. The Bertz CT molecular complexity index is 673. The maximum atomic E-state index is 15.0. The number of ether oxygens (including phenoxy) is 3. The molecule has 140 valence electrons. The van der Waals surface area contributed by atoms with Crippen molar-refractivity contribution in [2.45, 2.75) is 36.7 Å². The molecule has 3 rings (SSSR count). The van der Waals surface area contributed by atoms with E-state index in [4.69, 9.17) is 25.8 Å². The van der Waals surface area contributed by atoms with Gasteiger partial charge in [-0.3, -0.25) is 0 Å². The van der Waals surface area contributed by atoms with Gasteiger partial charge in [0.15, 0.2) is 5.56 Å². The first-order chi connectivity index (χ1) is 12.6. The normalized spacial score (nSPS) is 28.3. The Kier molecular flexibility index (Phi) is 6.59. The average molecular weight is 383 g/mol. The van der Waals surface area contributed by atoms with Crippen LogP contribution >= 0.6 is 11.6 Å². The molecule has 2 aromatic rings. The molecule has 6 heteroatoms. The molecule has 0 bridgehead atoms. The third-order valence-electron chi connectivity index (χ3n) is 4.35. The zero-order valence-electron chi connectivity index (χ0n) is 14.2. The minimum atomic E-state index is -2.41. The summed E-state index contributed by atoms with van der Waals surface area (Å²) in [6, 6.07) is 18.8. The molecule has 1 fully saturated rings. The average Bonchev–Trinajstić information content (AvgIpc) is 2.92. The zero-order chi connectivity index (χ0) is 18.4. The van der Waals surface area contributed by atoms with Gasteiger partial charge in [0, 0.05) is 0 Å². The first-order valence-corrected chi connectivity index (χ1v) is 8.88. The van der Waals surface area contributed by atoms with Crippen LogP contribution in [0.25, 0.3) is 0 Å². The minimum absolute atomic E-state index is 0.0588.